The van der Waals surface area contributed by atoms with Crippen LogP contribution >= 0.6 is 11.3 Å². The highest BCUT2D eigenvalue weighted by Crippen LogP contribution is 2.33. The molecule has 0 atom stereocenters. The number of hydrogen-bond acceptors (Lipinski definition) is 5. The fraction of sp³-hybridized carbons (Fsp3) is 0.158. The van der Waals surface area contributed by atoms with Gasteiger partial charge >= 0.3 is 5.97 Å². The summed E-state index contributed by atoms with van der Waals surface area (Å²) in [4.78, 5) is 19.4. The van der Waals surface area contributed by atoms with Gasteiger partial charge in [0.15, 0.2) is 5.13 Å². The summed E-state index contributed by atoms with van der Waals surface area (Å²) in [6.45, 7) is 0.725. The van der Waals surface area contributed by atoms with E-state index < -0.39 is 0 Å². The second kappa shape index (κ2) is 7.27. The zero-order valence-corrected chi connectivity index (χ0v) is 14.4. The van der Waals surface area contributed by atoms with Crippen LogP contribution in [0.2, 0.25) is 0 Å². The van der Waals surface area contributed by atoms with Crippen molar-refractivity contribution in [3.8, 4) is 11.3 Å². The van der Waals surface area contributed by atoms with Crippen LogP contribution in [0.15, 0.2) is 60.7 Å². The molecule has 1 aromatic heterocycles. The number of rotatable bonds is 5. The van der Waals surface area contributed by atoms with Gasteiger partial charge in [0, 0.05) is 19.2 Å². The normalized spacial score (nSPS) is 10.4. The maximum absolute atomic E-state index is 12.1. The molecular weight excluding hydrogens is 320 g/mol. The highest BCUT2D eigenvalue weighted by atomic mass is 32.1. The smallest absolute Gasteiger partial charge is 0.350 e. The van der Waals surface area contributed by atoms with Crippen LogP contribution in [-0.2, 0) is 11.3 Å². The zero-order valence-electron chi connectivity index (χ0n) is 13.6. The van der Waals surface area contributed by atoms with Gasteiger partial charge in [-0.1, -0.05) is 72.0 Å². The monoisotopic (exact) mass is 338 g/mol. The summed E-state index contributed by atoms with van der Waals surface area (Å²) in [5.74, 6) is -0.356. The van der Waals surface area contributed by atoms with Crippen LogP contribution in [0.3, 0.4) is 0 Å². The third-order valence-corrected chi connectivity index (χ3v) is 4.77. The molecule has 0 radical (unpaired) electrons. The largest absolute Gasteiger partial charge is 0.465 e. The number of methoxy groups -OCH3 is 1. The molecule has 0 aliphatic carbocycles. The van der Waals surface area contributed by atoms with E-state index in [0.717, 1.165) is 17.2 Å². The van der Waals surface area contributed by atoms with Crippen LogP contribution in [0.5, 0.6) is 0 Å². The van der Waals surface area contributed by atoms with Crippen LogP contribution in [0.4, 0.5) is 5.13 Å². The Balaban J connectivity index is 1.94. The maximum atomic E-state index is 12.1. The van der Waals surface area contributed by atoms with Gasteiger partial charge < -0.3 is 9.64 Å². The molecule has 0 N–H and O–H groups in total. The SMILES string of the molecule is COC(=O)c1sc(N(C)Cc2ccccc2)nc1-c1ccccc1. The average molecular weight is 338 g/mol. The lowest BCUT2D eigenvalue weighted by Crippen LogP contribution is -2.15. The molecule has 4 nitrogen and oxygen atoms in total. The van der Waals surface area contributed by atoms with Crippen LogP contribution in [-0.4, -0.2) is 25.1 Å². The minimum atomic E-state index is -0.356. The number of aromatic nitrogens is 1. The van der Waals surface area contributed by atoms with Crippen molar-refractivity contribution in [2.24, 2.45) is 0 Å². The zero-order chi connectivity index (χ0) is 16.9. The first-order valence-corrected chi connectivity index (χ1v) is 8.40. The third-order valence-electron chi connectivity index (χ3n) is 3.62. The number of hydrogen-bond donors (Lipinski definition) is 0. The van der Waals surface area contributed by atoms with Crippen LogP contribution in [0, 0.1) is 0 Å². The van der Waals surface area contributed by atoms with Crippen molar-refractivity contribution < 1.29 is 9.53 Å². The summed E-state index contributed by atoms with van der Waals surface area (Å²) >= 11 is 1.35. The van der Waals surface area contributed by atoms with Gasteiger partial charge in [-0.25, -0.2) is 9.78 Å². The number of ether oxygens (including phenoxy) is 1. The first kappa shape index (κ1) is 16.2. The van der Waals surface area contributed by atoms with Crippen molar-refractivity contribution in [2.45, 2.75) is 6.54 Å². The van der Waals surface area contributed by atoms with E-state index >= 15 is 0 Å². The van der Waals surface area contributed by atoms with Gasteiger partial charge in [0.1, 0.15) is 4.88 Å². The first-order valence-electron chi connectivity index (χ1n) is 7.58. The summed E-state index contributed by atoms with van der Waals surface area (Å²) in [5, 5.41) is 0.790. The first-order chi connectivity index (χ1) is 11.7. The van der Waals surface area contributed by atoms with Gasteiger partial charge in [-0.05, 0) is 5.56 Å². The summed E-state index contributed by atoms with van der Waals surface area (Å²) in [7, 11) is 3.37. The predicted octanol–water partition coefficient (Wildman–Crippen LogP) is 4.23. The quantitative estimate of drug-likeness (QED) is 0.653. The standard InChI is InChI=1S/C19H18N2O2S/c1-21(13-14-9-5-3-6-10-14)19-20-16(15-11-7-4-8-12-15)17(24-19)18(22)23-2/h3-12H,13H2,1-2H3. The van der Waals surface area contributed by atoms with Gasteiger partial charge in [-0.3, -0.25) is 0 Å². The second-order valence-corrected chi connectivity index (χ2v) is 6.35. The van der Waals surface area contributed by atoms with Crippen LogP contribution in [0.25, 0.3) is 11.3 Å². The molecule has 2 aromatic carbocycles. The molecule has 3 aromatic rings. The van der Waals surface area contributed by atoms with Gasteiger partial charge in [0.05, 0.1) is 12.8 Å². The lowest BCUT2D eigenvalue weighted by Gasteiger charge is -2.15. The van der Waals surface area contributed by atoms with Crippen molar-refractivity contribution in [3.05, 3.63) is 71.1 Å². The molecule has 1 heterocycles. The Hall–Kier alpha value is -2.66. The molecular formula is C19H18N2O2S. The van der Waals surface area contributed by atoms with E-state index in [-0.39, 0.29) is 5.97 Å². The van der Waals surface area contributed by atoms with Gasteiger partial charge in [-0.15, -0.1) is 0 Å². The molecule has 24 heavy (non-hydrogen) atoms. The molecule has 0 unspecified atom stereocenters. The van der Waals surface area contributed by atoms with Gasteiger partial charge in [-0.2, -0.15) is 0 Å². The van der Waals surface area contributed by atoms with Gasteiger partial charge in [0.25, 0.3) is 0 Å². The summed E-state index contributed by atoms with van der Waals surface area (Å²) in [5.41, 5.74) is 2.77. The molecule has 0 bridgehead atoms. The second-order valence-electron chi connectivity index (χ2n) is 5.37. The molecule has 3 rings (SSSR count). The van der Waals surface area contributed by atoms with Crippen molar-refractivity contribution in [3.63, 3.8) is 0 Å². The van der Waals surface area contributed by atoms with Crippen molar-refractivity contribution in [2.75, 3.05) is 19.1 Å². The Bertz CT molecular complexity index is 816. The summed E-state index contributed by atoms with van der Waals surface area (Å²) in [6.07, 6.45) is 0. The summed E-state index contributed by atoms with van der Waals surface area (Å²) < 4.78 is 4.92. The minimum absolute atomic E-state index is 0.356. The third kappa shape index (κ3) is 3.46. The Morgan fingerprint density at radius 1 is 1.08 bits per heavy atom. The van der Waals surface area contributed by atoms with E-state index in [9.17, 15) is 4.79 Å². The van der Waals surface area contributed by atoms with Gasteiger partial charge in [0.2, 0.25) is 0 Å². The number of esters is 1. The molecule has 0 spiro atoms. The average Bonchev–Trinajstić information content (AvgIpc) is 3.08. The lowest BCUT2D eigenvalue weighted by molar-refractivity contribution is 0.0607. The molecule has 0 amide bonds. The number of thiazole rings is 1. The maximum Gasteiger partial charge on any atom is 0.350 e. The summed E-state index contributed by atoms with van der Waals surface area (Å²) in [6, 6.07) is 19.9. The fourth-order valence-electron chi connectivity index (χ4n) is 2.42. The number of carbonyl (C=O) groups excluding carboxylic acids is 1. The number of benzene rings is 2. The lowest BCUT2D eigenvalue weighted by atomic mass is 10.1. The molecule has 0 saturated heterocycles. The molecule has 0 fully saturated rings. The Morgan fingerprint density at radius 2 is 1.71 bits per heavy atom. The molecule has 0 aliphatic heterocycles. The Morgan fingerprint density at radius 3 is 2.33 bits per heavy atom. The van der Waals surface area contributed by atoms with Crippen molar-refractivity contribution in [1.82, 2.24) is 4.98 Å². The molecule has 0 aliphatic rings. The van der Waals surface area contributed by atoms with E-state index in [1.165, 1.54) is 24.0 Å². The number of carbonyl (C=O) groups is 1. The van der Waals surface area contributed by atoms with Crippen molar-refractivity contribution >= 4 is 22.4 Å². The van der Waals surface area contributed by atoms with Crippen LogP contribution in [0.1, 0.15) is 15.2 Å². The van der Waals surface area contributed by atoms with Crippen LogP contribution < -0.4 is 4.90 Å². The number of anilines is 1. The topological polar surface area (TPSA) is 42.4 Å². The van der Waals surface area contributed by atoms with E-state index in [2.05, 4.69) is 17.1 Å². The molecule has 0 saturated carbocycles. The van der Waals surface area contributed by atoms with E-state index in [1.807, 2.05) is 60.5 Å². The Kier molecular flexibility index (Phi) is 4.91. The minimum Gasteiger partial charge on any atom is -0.465 e. The number of nitrogens with zero attached hydrogens (tertiary/aromatic N) is 2. The van der Waals surface area contributed by atoms with E-state index in [4.69, 9.17) is 4.74 Å². The molecule has 122 valence electrons. The molecule has 5 heteroatoms. The predicted molar refractivity (Wildman–Crippen MR) is 97.4 cm³/mol. The van der Waals surface area contributed by atoms with E-state index in [1.54, 1.807) is 0 Å². The highest BCUT2D eigenvalue weighted by molar-refractivity contribution is 7.17. The highest BCUT2D eigenvalue weighted by Gasteiger charge is 2.21. The van der Waals surface area contributed by atoms with Crippen molar-refractivity contribution in [1.29, 1.82) is 0 Å². The Labute approximate surface area is 145 Å². The van der Waals surface area contributed by atoms with E-state index in [0.29, 0.717) is 10.6 Å². The fourth-order valence-corrected chi connectivity index (χ4v) is 3.39.